The number of nitrogens with one attached hydrogen (secondary N) is 1. The molecule has 2 aromatic carbocycles. The summed E-state index contributed by atoms with van der Waals surface area (Å²) < 4.78 is 6.70. The van der Waals surface area contributed by atoms with Crippen molar-refractivity contribution in [1.29, 1.82) is 0 Å². The van der Waals surface area contributed by atoms with Crippen LogP contribution in [0.3, 0.4) is 0 Å². The summed E-state index contributed by atoms with van der Waals surface area (Å²) in [6, 6.07) is 17.8. The van der Waals surface area contributed by atoms with Crippen molar-refractivity contribution >= 4 is 27.7 Å². The first-order valence-corrected chi connectivity index (χ1v) is 8.58. The van der Waals surface area contributed by atoms with Gasteiger partial charge >= 0.3 is 0 Å². The Bertz CT molecular complexity index is 733. The fraction of sp³-hybridized carbons (Fsp3) is 0.125. The molecule has 0 amide bonds. The molecule has 0 radical (unpaired) electrons. The average molecular weight is 376 g/mol. The van der Waals surface area contributed by atoms with Crippen LogP contribution in [0.25, 0.3) is 11.4 Å². The van der Waals surface area contributed by atoms with Gasteiger partial charge in [-0.2, -0.15) is 0 Å². The quantitative estimate of drug-likeness (QED) is 0.512. The molecular formula is C16H14BrN3OS. The van der Waals surface area contributed by atoms with E-state index >= 15 is 0 Å². The molecule has 3 aromatic rings. The zero-order chi connectivity index (χ0) is 15.2. The molecule has 22 heavy (non-hydrogen) atoms. The number of hydrogen-bond donors (Lipinski definition) is 1. The van der Waals surface area contributed by atoms with Gasteiger partial charge < -0.3 is 4.74 Å². The molecule has 1 aromatic heterocycles. The van der Waals surface area contributed by atoms with Crippen molar-refractivity contribution in [2.75, 3.05) is 12.4 Å². The van der Waals surface area contributed by atoms with E-state index in [1.54, 1.807) is 11.8 Å². The molecule has 0 saturated heterocycles. The van der Waals surface area contributed by atoms with Crippen LogP contribution in [0.2, 0.25) is 0 Å². The van der Waals surface area contributed by atoms with Crippen molar-refractivity contribution in [3.8, 4) is 17.1 Å². The van der Waals surface area contributed by atoms with Crippen molar-refractivity contribution in [1.82, 2.24) is 15.2 Å². The number of H-pyrrole nitrogens is 1. The van der Waals surface area contributed by atoms with E-state index in [2.05, 4.69) is 31.1 Å². The topological polar surface area (TPSA) is 50.8 Å². The SMILES string of the molecule is Brc1cccc(OCCSc2n[nH]c(-c3ccccc3)n2)c1. The normalized spacial score (nSPS) is 10.6. The van der Waals surface area contributed by atoms with Gasteiger partial charge in [0.05, 0.1) is 6.61 Å². The Labute approximate surface area is 141 Å². The molecule has 1 heterocycles. The third-order valence-electron chi connectivity index (χ3n) is 2.89. The molecular weight excluding hydrogens is 362 g/mol. The average Bonchev–Trinajstić information content (AvgIpc) is 3.01. The molecule has 0 fully saturated rings. The molecule has 0 saturated carbocycles. The minimum Gasteiger partial charge on any atom is -0.493 e. The number of rotatable bonds is 6. The molecule has 0 aliphatic heterocycles. The van der Waals surface area contributed by atoms with E-state index in [4.69, 9.17) is 4.74 Å². The number of benzene rings is 2. The lowest BCUT2D eigenvalue weighted by atomic mass is 10.2. The van der Waals surface area contributed by atoms with Gasteiger partial charge in [-0.1, -0.05) is 64.1 Å². The van der Waals surface area contributed by atoms with Crippen molar-refractivity contribution in [3.05, 3.63) is 59.1 Å². The maximum Gasteiger partial charge on any atom is 0.208 e. The molecule has 4 nitrogen and oxygen atoms in total. The fourth-order valence-corrected chi connectivity index (χ4v) is 2.88. The van der Waals surface area contributed by atoms with Gasteiger partial charge in [-0.15, -0.1) is 5.10 Å². The molecule has 0 unspecified atom stereocenters. The van der Waals surface area contributed by atoms with Crippen LogP contribution < -0.4 is 4.74 Å². The highest BCUT2D eigenvalue weighted by atomic mass is 79.9. The second kappa shape index (κ2) is 7.47. The van der Waals surface area contributed by atoms with Crippen molar-refractivity contribution in [2.24, 2.45) is 0 Å². The molecule has 6 heteroatoms. The predicted molar refractivity (Wildman–Crippen MR) is 92.2 cm³/mol. The van der Waals surface area contributed by atoms with Gasteiger partial charge in [0.2, 0.25) is 5.16 Å². The Balaban J connectivity index is 1.49. The van der Waals surface area contributed by atoms with Gasteiger partial charge in [0, 0.05) is 15.8 Å². The van der Waals surface area contributed by atoms with Gasteiger partial charge in [-0.3, -0.25) is 5.10 Å². The Morgan fingerprint density at radius 1 is 1.09 bits per heavy atom. The first kappa shape index (κ1) is 15.1. The van der Waals surface area contributed by atoms with Crippen LogP contribution in [0.4, 0.5) is 0 Å². The van der Waals surface area contributed by atoms with E-state index in [-0.39, 0.29) is 0 Å². The number of hydrogen-bond acceptors (Lipinski definition) is 4. The van der Waals surface area contributed by atoms with E-state index in [0.29, 0.717) is 6.61 Å². The Hall–Kier alpha value is -1.79. The number of thioether (sulfide) groups is 1. The summed E-state index contributed by atoms with van der Waals surface area (Å²) >= 11 is 4.99. The molecule has 1 N–H and O–H groups in total. The highest BCUT2D eigenvalue weighted by molar-refractivity contribution is 9.10. The lowest BCUT2D eigenvalue weighted by molar-refractivity contribution is 0.343. The summed E-state index contributed by atoms with van der Waals surface area (Å²) in [5, 5.41) is 7.91. The van der Waals surface area contributed by atoms with Crippen LogP contribution >= 0.6 is 27.7 Å². The third-order valence-corrected chi connectivity index (χ3v) is 4.20. The zero-order valence-corrected chi connectivity index (χ0v) is 14.1. The minimum absolute atomic E-state index is 0.607. The van der Waals surface area contributed by atoms with Crippen molar-refractivity contribution < 1.29 is 4.74 Å². The van der Waals surface area contributed by atoms with Crippen LogP contribution in [0.5, 0.6) is 5.75 Å². The summed E-state index contributed by atoms with van der Waals surface area (Å²) in [6.07, 6.45) is 0. The summed E-state index contributed by atoms with van der Waals surface area (Å²) in [5.74, 6) is 2.43. The van der Waals surface area contributed by atoms with E-state index in [1.165, 1.54) is 0 Å². The van der Waals surface area contributed by atoms with E-state index < -0.39 is 0 Å². The molecule has 0 aliphatic rings. The molecule has 0 bridgehead atoms. The van der Waals surface area contributed by atoms with E-state index in [0.717, 1.165) is 32.5 Å². The molecule has 0 atom stereocenters. The summed E-state index contributed by atoms with van der Waals surface area (Å²) in [4.78, 5) is 4.47. The monoisotopic (exact) mass is 375 g/mol. The van der Waals surface area contributed by atoms with Crippen LogP contribution in [0, 0.1) is 0 Å². The fourth-order valence-electron chi connectivity index (χ4n) is 1.89. The molecule has 0 spiro atoms. The lowest BCUT2D eigenvalue weighted by Crippen LogP contribution is -2.00. The largest absolute Gasteiger partial charge is 0.493 e. The summed E-state index contributed by atoms with van der Waals surface area (Å²) in [7, 11) is 0. The van der Waals surface area contributed by atoms with Gasteiger partial charge in [0.25, 0.3) is 0 Å². The Morgan fingerprint density at radius 2 is 1.95 bits per heavy atom. The van der Waals surface area contributed by atoms with E-state index in [9.17, 15) is 0 Å². The van der Waals surface area contributed by atoms with Crippen LogP contribution in [0.1, 0.15) is 0 Å². The standard InChI is InChI=1S/C16H14BrN3OS/c17-13-7-4-8-14(11-13)21-9-10-22-16-18-15(19-20-16)12-5-2-1-3-6-12/h1-8,11H,9-10H2,(H,18,19,20). The summed E-state index contributed by atoms with van der Waals surface area (Å²) in [6.45, 7) is 0.607. The molecule has 0 aliphatic carbocycles. The predicted octanol–water partition coefficient (Wildman–Crippen LogP) is 4.41. The van der Waals surface area contributed by atoms with Gasteiger partial charge in [0.15, 0.2) is 5.82 Å². The van der Waals surface area contributed by atoms with Crippen molar-refractivity contribution in [3.63, 3.8) is 0 Å². The van der Waals surface area contributed by atoms with Crippen LogP contribution in [-0.2, 0) is 0 Å². The van der Waals surface area contributed by atoms with Crippen LogP contribution in [-0.4, -0.2) is 27.5 Å². The van der Waals surface area contributed by atoms with Gasteiger partial charge in [-0.25, -0.2) is 4.98 Å². The smallest absolute Gasteiger partial charge is 0.208 e. The van der Waals surface area contributed by atoms with Gasteiger partial charge in [-0.05, 0) is 18.2 Å². The first-order valence-electron chi connectivity index (χ1n) is 6.80. The number of aromatic nitrogens is 3. The van der Waals surface area contributed by atoms with E-state index in [1.807, 2.05) is 54.6 Å². The van der Waals surface area contributed by atoms with Crippen molar-refractivity contribution in [2.45, 2.75) is 5.16 Å². The first-order chi connectivity index (χ1) is 10.8. The molecule has 3 rings (SSSR count). The van der Waals surface area contributed by atoms with Crippen LogP contribution in [0.15, 0.2) is 64.2 Å². The highest BCUT2D eigenvalue weighted by Gasteiger charge is 2.05. The summed E-state index contributed by atoms with van der Waals surface area (Å²) in [5.41, 5.74) is 1.03. The maximum atomic E-state index is 5.68. The van der Waals surface area contributed by atoms with Gasteiger partial charge in [0.1, 0.15) is 5.75 Å². The Morgan fingerprint density at radius 3 is 2.77 bits per heavy atom. The maximum absolute atomic E-state index is 5.68. The molecule has 112 valence electrons. The number of halogens is 1. The zero-order valence-electron chi connectivity index (χ0n) is 11.7. The second-order valence-corrected chi connectivity index (χ2v) is 6.46. The minimum atomic E-state index is 0.607. The lowest BCUT2D eigenvalue weighted by Gasteiger charge is -2.04. The number of aromatic amines is 1. The third kappa shape index (κ3) is 4.11. The second-order valence-electron chi connectivity index (χ2n) is 4.49. The number of nitrogens with zero attached hydrogens (tertiary/aromatic N) is 2. The Kier molecular flexibility index (Phi) is 5.13. The number of ether oxygens (including phenoxy) is 1. The highest BCUT2D eigenvalue weighted by Crippen LogP contribution is 2.20.